The van der Waals surface area contributed by atoms with Gasteiger partial charge in [-0.15, -0.1) is 0 Å². The zero-order chi connectivity index (χ0) is 23.7. The van der Waals surface area contributed by atoms with Crippen LogP contribution in [0.3, 0.4) is 0 Å². The lowest BCUT2D eigenvalue weighted by Gasteiger charge is -2.19. The van der Waals surface area contributed by atoms with Crippen LogP contribution in [-0.4, -0.2) is 19.6 Å². The molecule has 0 heterocycles. The van der Waals surface area contributed by atoms with Gasteiger partial charge in [0.25, 0.3) is 0 Å². The van der Waals surface area contributed by atoms with Crippen molar-refractivity contribution in [1.29, 1.82) is 0 Å². The van der Waals surface area contributed by atoms with Crippen LogP contribution in [0, 0.1) is 6.92 Å². The Balaban J connectivity index is 0.000000235. The van der Waals surface area contributed by atoms with E-state index in [1.54, 1.807) is 12.1 Å². The molecule has 0 saturated heterocycles. The summed E-state index contributed by atoms with van der Waals surface area (Å²) in [6, 6.07) is 38.0. The lowest BCUT2D eigenvalue weighted by atomic mass is 10.2. The first kappa shape index (κ1) is 24.6. The normalized spacial score (nSPS) is 11.6. The summed E-state index contributed by atoms with van der Waals surface area (Å²) >= 11 is 0. The monoisotopic (exact) mass is 474 g/mol. The number of hydrogen-bond acceptors (Lipinski definition) is 3. The number of hydrogen-bond donors (Lipinski definition) is 0. The maximum atomic E-state index is 10.4. The Hall–Kier alpha value is -3.04. The molecule has 0 bridgehead atoms. The van der Waals surface area contributed by atoms with Crippen LogP contribution >= 0.6 is 7.26 Å². The Morgan fingerprint density at radius 2 is 1.09 bits per heavy atom. The quantitative estimate of drug-likeness (QED) is 0.269. The van der Waals surface area contributed by atoms with E-state index in [1.807, 2.05) is 6.92 Å². The van der Waals surface area contributed by atoms with Crippen LogP contribution in [0.2, 0.25) is 0 Å². The molecule has 0 saturated carbocycles. The first-order valence-corrected chi connectivity index (χ1v) is 14.2. The van der Waals surface area contributed by atoms with Gasteiger partial charge in [-0.2, -0.15) is 0 Å². The highest BCUT2D eigenvalue weighted by Crippen LogP contribution is 2.54. The van der Waals surface area contributed by atoms with Gasteiger partial charge in [0.05, 0.1) is 17.4 Å². The fourth-order valence-electron chi connectivity index (χ4n) is 3.30. The summed E-state index contributed by atoms with van der Waals surface area (Å²) in [5, 5.41) is 2.82. The Labute approximate surface area is 197 Å². The molecule has 0 aromatic heterocycles. The van der Waals surface area contributed by atoms with Crippen molar-refractivity contribution in [3.05, 3.63) is 132 Å². The average molecular weight is 475 g/mol. The molecule has 4 rings (SSSR count). The van der Waals surface area contributed by atoms with Crippen molar-refractivity contribution in [3.63, 3.8) is 0 Å². The lowest BCUT2D eigenvalue weighted by Crippen LogP contribution is -2.19. The van der Waals surface area contributed by atoms with Gasteiger partial charge in [-0.1, -0.05) is 84.4 Å². The minimum atomic E-state index is -4.27. The minimum absolute atomic E-state index is 0.178. The molecule has 0 N–H and O–H groups in total. The largest absolute Gasteiger partial charge is 0.744 e. The van der Waals surface area contributed by atoms with Crippen LogP contribution in [0.1, 0.15) is 11.1 Å². The van der Waals surface area contributed by atoms with Gasteiger partial charge < -0.3 is 4.55 Å². The van der Waals surface area contributed by atoms with E-state index >= 15 is 0 Å². The second kappa shape index (κ2) is 11.2. The van der Waals surface area contributed by atoms with Crippen molar-refractivity contribution in [2.45, 2.75) is 11.8 Å². The van der Waals surface area contributed by atoms with Crippen LogP contribution in [0.4, 0.5) is 0 Å². The summed E-state index contributed by atoms with van der Waals surface area (Å²) in [6.07, 6.45) is 2.26. The molecule has 0 unspecified atom stereocenters. The van der Waals surface area contributed by atoms with Gasteiger partial charge in [-0.3, -0.25) is 0 Å². The van der Waals surface area contributed by atoms with Gasteiger partial charge in [0, 0.05) is 0 Å². The van der Waals surface area contributed by atoms with Gasteiger partial charge in [-0.25, -0.2) is 8.42 Å². The standard InChI is InChI=1S/C21H20P.C7H8O3S/c1-22(20-13-7-3-8-14-20,21-15-9-4-10-16-21)18-17-19-11-5-2-6-12-19;1-6-2-4-7(5-3-6)11(8,9)10/h2-18H,1H3;2-5H,1H3,(H,8,9,10)/q+1;/p-1/b18-17+;. The summed E-state index contributed by atoms with van der Waals surface area (Å²) < 4.78 is 31.2. The predicted octanol–water partition coefficient (Wildman–Crippen LogP) is 5.85. The van der Waals surface area contributed by atoms with Gasteiger partial charge in [0.1, 0.15) is 28.0 Å². The zero-order valence-corrected chi connectivity index (χ0v) is 20.4. The van der Waals surface area contributed by atoms with Crippen LogP contribution in [0.25, 0.3) is 6.08 Å². The molecule has 3 nitrogen and oxygen atoms in total. The van der Waals surface area contributed by atoms with Crippen molar-refractivity contribution < 1.29 is 13.0 Å². The molecular weight excluding hydrogens is 447 g/mol. The molecule has 0 aliphatic heterocycles. The molecular formula is C28H27O3PS. The molecule has 0 spiro atoms. The van der Waals surface area contributed by atoms with E-state index < -0.39 is 17.4 Å². The summed E-state index contributed by atoms with van der Waals surface area (Å²) in [5.41, 5.74) is 2.18. The summed E-state index contributed by atoms with van der Waals surface area (Å²) in [4.78, 5) is -0.178. The topological polar surface area (TPSA) is 57.2 Å². The smallest absolute Gasteiger partial charge is 0.124 e. The van der Waals surface area contributed by atoms with E-state index in [9.17, 15) is 13.0 Å². The Morgan fingerprint density at radius 1 is 0.667 bits per heavy atom. The number of benzene rings is 4. The van der Waals surface area contributed by atoms with Gasteiger partial charge >= 0.3 is 0 Å². The number of aryl methyl sites for hydroxylation is 1. The third-order valence-corrected chi connectivity index (χ3v) is 9.60. The van der Waals surface area contributed by atoms with E-state index in [4.69, 9.17) is 0 Å². The van der Waals surface area contributed by atoms with Crippen molar-refractivity contribution in [2.75, 3.05) is 6.66 Å². The van der Waals surface area contributed by atoms with E-state index in [2.05, 4.69) is 110 Å². The van der Waals surface area contributed by atoms with Gasteiger partial charge in [-0.05, 0) is 55.0 Å². The van der Waals surface area contributed by atoms with Gasteiger partial charge in [0.15, 0.2) is 0 Å². The van der Waals surface area contributed by atoms with Crippen molar-refractivity contribution in [1.82, 2.24) is 0 Å². The van der Waals surface area contributed by atoms with Crippen molar-refractivity contribution >= 4 is 34.1 Å². The lowest BCUT2D eigenvalue weighted by molar-refractivity contribution is 0.463. The van der Waals surface area contributed by atoms with E-state index in [0.29, 0.717) is 0 Å². The first-order chi connectivity index (χ1) is 15.8. The molecule has 4 aromatic rings. The second-order valence-corrected chi connectivity index (χ2v) is 12.6. The maximum Gasteiger partial charge on any atom is 0.124 e. The van der Waals surface area contributed by atoms with Crippen LogP contribution < -0.4 is 10.6 Å². The molecule has 4 aromatic carbocycles. The summed E-state index contributed by atoms with van der Waals surface area (Å²) in [7, 11) is -5.79. The average Bonchev–Trinajstić information content (AvgIpc) is 2.84. The Kier molecular flexibility index (Phi) is 8.35. The highest BCUT2D eigenvalue weighted by Gasteiger charge is 2.34. The molecule has 0 atom stereocenters. The van der Waals surface area contributed by atoms with Crippen molar-refractivity contribution in [2.24, 2.45) is 0 Å². The Bertz CT molecular complexity index is 1230. The second-order valence-electron chi connectivity index (χ2n) is 7.74. The zero-order valence-electron chi connectivity index (χ0n) is 18.7. The van der Waals surface area contributed by atoms with Crippen LogP contribution in [0.5, 0.6) is 0 Å². The Morgan fingerprint density at radius 3 is 1.52 bits per heavy atom. The molecule has 0 radical (unpaired) electrons. The fraction of sp³-hybridized carbons (Fsp3) is 0.0714. The van der Waals surface area contributed by atoms with E-state index in [1.165, 1.54) is 28.3 Å². The predicted molar refractivity (Wildman–Crippen MR) is 140 cm³/mol. The molecule has 0 amide bonds. The maximum absolute atomic E-state index is 10.4. The molecule has 33 heavy (non-hydrogen) atoms. The molecule has 5 heteroatoms. The first-order valence-electron chi connectivity index (χ1n) is 10.5. The minimum Gasteiger partial charge on any atom is -0.744 e. The molecule has 168 valence electrons. The van der Waals surface area contributed by atoms with Crippen molar-refractivity contribution in [3.8, 4) is 0 Å². The summed E-state index contributed by atoms with van der Waals surface area (Å²) in [5.74, 6) is 2.41. The number of rotatable bonds is 5. The SMILES string of the molecule is C[P+](/C=C/c1ccccc1)(c1ccccc1)c1ccccc1.Cc1ccc(S(=O)(=O)[O-])cc1. The van der Waals surface area contributed by atoms with Gasteiger partial charge in [0.2, 0.25) is 0 Å². The van der Waals surface area contributed by atoms with Crippen LogP contribution in [0.15, 0.2) is 126 Å². The van der Waals surface area contributed by atoms with E-state index in [-0.39, 0.29) is 4.90 Å². The molecule has 0 aliphatic carbocycles. The third-order valence-electron chi connectivity index (χ3n) is 5.26. The highest BCUT2D eigenvalue weighted by molar-refractivity contribution is 7.91. The van der Waals surface area contributed by atoms with E-state index in [0.717, 1.165) is 5.56 Å². The molecule has 0 aliphatic rings. The third kappa shape index (κ3) is 6.97. The van der Waals surface area contributed by atoms with Crippen LogP contribution in [-0.2, 0) is 10.1 Å². The highest BCUT2D eigenvalue weighted by atomic mass is 32.2. The summed E-state index contributed by atoms with van der Waals surface area (Å²) in [6.45, 7) is 4.21. The fourth-order valence-corrected chi connectivity index (χ4v) is 6.47. The molecule has 0 fully saturated rings.